The molecule has 0 spiro atoms. The molecule has 44 heavy (non-hydrogen) atoms. The van der Waals surface area contributed by atoms with E-state index < -0.39 is 46.5 Å². The highest BCUT2D eigenvalue weighted by Crippen LogP contribution is 2.32. The second kappa shape index (κ2) is 11.6. The van der Waals surface area contributed by atoms with Gasteiger partial charge in [0.25, 0.3) is 11.5 Å². The van der Waals surface area contributed by atoms with Crippen LogP contribution in [0.4, 0.5) is 13.2 Å². The Morgan fingerprint density at radius 3 is 2.30 bits per heavy atom. The number of nitrogens with one attached hydrogen (secondary N) is 1. The highest BCUT2D eigenvalue weighted by molar-refractivity contribution is 5.99. The first-order valence-electron chi connectivity index (χ1n) is 13.8. The van der Waals surface area contributed by atoms with Crippen LogP contribution in [0, 0.1) is 24.4 Å². The average molecular weight is 603 g/mol. The fraction of sp³-hybridized carbons (Fsp3) is 0.242. The van der Waals surface area contributed by atoms with Crippen molar-refractivity contribution in [2.45, 2.75) is 45.8 Å². The number of benzene rings is 3. The Hall–Kier alpha value is -5.06. The van der Waals surface area contributed by atoms with E-state index in [9.17, 15) is 27.6 Å². The Bertz CT molecular complexity index is 2000. The quantitative estimate of drug-likeness (QED) is 0.256. The van der Waals surface area contributed by atoms with Crippen LogP contribution < -0.4 is 10.9 Å². The first-order chi connectivity index (χ1) is 20.8. The Balaban J connectivity index is 1.62. The molecule has 8 nitrogen and oxygen atoms in total. The zero-order valence-corrected chi connectivity index (χ0v) is 24.7. The Morgan fingerprint density at radius 1 is 0.977 bits per heavy atom. The first kappa shape index (κ1) is 30.4. The third-order valence-electron chi connectivity index (χ3n) is 7.21. The fourth-order valence-electron chi connectivity index (χ4n) is 5.20. The lowest BCUT2D eigenvalue weighted by Gasteiger charge is -2.25. The van der Waals surface area contributed by atoms with Crippen LogP contribution in [0.25, 0.3) is 33.1 Å². The van der Waals surface area contributed by atoms with Crippen LogP contribution in [0.15, 0.2) is 65.7 Å². The van der Waals surface area contributed by atoms with E-state index in [1.165, 1.54) is 29.1 Å². The van der Waals surface area contributed by atoms with Crippen molar-refractivity contribution >= 4 is 33.8 Å². The van der Waals surface area contributed by atoms with E-state index >= 15 is 0 Å². The molecule has 2 aromatic heterocycles. The predicted octanol–water partition coefficient (Wildman–Crippen LogP) is 5.56. The molecule has 1 amide bonds. The number of ether oxygens (including phenoxy) is 1. The zero-order chi connectivity index (χ0) is 31.9. The summed E-state index contributed by atoms with van der Waals surface area (Å²) in [5.41, 5.74) is 0.862. The number of hydrogen-bond acceptors (Lipinski definition) is 6. The van der Waals surface area contributed by atoms with Crippen molar-refractivity contribution in [3.05, 3.63) is 105 Å². The summed E-state index contributed by atoms with van der Waals surface area (Å²) >= 11 is 0. The van der Waals surface area contributed by atoms with Crippen LogP contribution in [-0.2, 0) is 23.0 Å². The Labute approximate surface area is 250 Å². The van der Waals surface area contributed by atoms with E-state index in [0.717, 1.165) is 18.2 Å². The van der Waals surface area contributed by atoms with Crippen LogP contribution >= 0.6 is 0 Å². The number of fused-ring (bicyclic) bond motifs is 2. The smallest absolute Gasteiger partial charge is 0.329 e. The van der Waals surface area contributed by atoms with Gasteiger partial charge in [-0.2, -0.15) is 0 Å². The van der Waals surface area contributed by atoms with Crippen molar-refractivity contribution in [2.75, 3.05) is 0 Å². The van der Waals surface area contributed by atoms with E-state index in [1.807, 2.05) is 0 Å². The largest absolute Gasteiger partial charge is 0.458 e. The lowest BCUT2D eigenvalue weighted by Crippen LogP contribution is -2.46. The minimum Gasteiger partial charge on any atom is -0.458 e. The number of amides is 1. The standard InChI is InChI=1S/C33H29F3N4O4/c1-17-21-16-19(34)10-12-25(21)40(5)31(42)26(17)20-11-9-18(28-29(20)38-14-13-37-28)15-24(32(43)44-33(2,3)4)39-30(41)27-22(35)7-6-8-23(27)36/h6-14,16,24H,15H2,1-5H3,(H,39,41)/t24-/m0/s1. The molecular formula is C33H29F3N4O4. The maximum absolute atomic E-state index is 14.4. The van der Waals surface area contributed by atoms with Crippen LogP contribution in [0.2, 0.25) is 0 Å². The van der Waals surface area contributed by atoms with Crippen molar-refractivity contribution in [3.63, 3.8) is 0 Å². The van der Waals surface area contributed by atoms with Crippen molar-refractivity contribution in [1.82, 2.24) is 19.9 Å². The van der Waals surface area contributed by atoms with Gasteiger partial charge < -0.3 is 14.6 Å². The van der Waals surface area contributed by atoms with Crippen LogP contribution in [0.3, 0.4) is 0 Å². The summed E-state index contributed by atoms with van der Waals surface area (Å²) in [6.45, 7) is 6.67. The number of pyridine rings is 1. The summed E-state index contributed by atoms with van der Waals surface area (Å²) in [6.07, 6.45) is 2.71. The van der Waals surface area contributed by atoms with Gasteiger partial charge in [-0.25, -0.2) is 18.0 Å². The van der Waals surface area contributed by atoms with Crippen molar-refractivity contribution in [2.24, 2.45) is 7.05 Å². The molecule has 1 N–H and O–H groups in total. The molecule has 0 bridgehead atoms. The number of halogens is 3. The van der Waals surface area contributed by atoms with E-state index in [-0.39, 0.29) is 12.0 Å². The Kier molecular flexibility index (Phi) is 7.98. The van der Waals surface area contributed by atoms with Crippen LogP contribution in [0.5, 0.6) is 0 Å². The summed E-state index contributed by atoms with van der Waals surface area (Å²) < 4.78 is 49.9. The van der Waals surface area contributed by atoms with Gasteiger partial charge in [0.05, 0.1) is 22.1 Å². The van der Waals surface area contributed by atoms with E-state index in [2.05, 4.69) is 15.3 Å². The number of hydrogen-bond donors (Lipinski definition) is 1. The number of aryl methyl sites for hydroxylation is 2. The van der Waals surface area contributed by atoms with Gasteiger partial charge in [-0.15, -0.1) is 0 Å². The summed E-state index contributed by atoms with van der Waals surface area (Å²) in [5.74, 6) is -4.58. The van der Waals surface area contributed by atoms with Gasteiger partial charge in [-0.3, -0.25) is 19.6 Å². The second-order valence-corrected chi connectivity index (χ2v) is 11.4. The van der Waals surface area contributed by atoms with Gasteiger partial charge >= 0.3 is 5.97 Å². The van der Waals surface area contributed by atoms with Crippen LogP contribution in [0.1, 0.15) is 42.3 Å². The lowest BCUT2D eigenvalue weighted by molar-refractivity contribution is -0.157. The molecule has 0 saturated heterocycles. The van der Waals surface area contributed by atoms with Crippen molar-refractivity contribution in [3.8, 4) is 11.1 Å². The number of nitrogens with zero attached hydrogens (tertiary/aromatic N) is 3. The molecule has 3 aromatic carbocycles. The molecular weight excluding hydrogens is 573 g/mol. The average Bonchev–Trinajstić information content (AvgIpc) is 2.95. The summed E-state index contributed by atoms with van der Waals surface area (Å²) in [4.78, 5) is 48.8. The predicted molar refractivity (Wildman–Crippen MR) is 160 cm³/mol. The van der Waals surface area contributed by atoms with E-state index in [4.69, 9.17) is 4.74 Å². The van der Waals surface area contributed by atoms with Crippen molar-refractivity contribution in [1.29, 1.82) is 0 Å². The van der Waals surface area contributed by atoms with E-state index in [1.54, 1.807) is 52.9 Å². The van der Waals surface area contributed by atoms with Gasteiger partial charge in [0.15, 0.2) is 0 Å². The minimum absolute atomic E-state index is 0.174. The third kappa shape index (κ3) is 5.77. The summed E-state index contributed by atoms with van der Waals surface area (Å²) in [5, 5.41) is 2.97. The lowest BCUT2D eigenvalue weighted by atomic mass is 9.94. The normalized spacial score (nSPS) is 12.4. The fourth-order valence-corrected chi connectivity index (χ4v) is 5.20. The highest BCUT2D eigenvalue weighted by atomic mass is 19.1. The van der Waals surface area contributed by atoms with E-state index in [0.29, 0.717) is 44.2 Å². The summed E-state index contributed by atoms with van der Waals surface area (Å²) in [7, 11) is 1.60. The van der Waals surface area contributed by atoms with Gasteiger partial charge in [0.2, 0.25) is 0 Å². The molecule has 0 aliphatic carbocycles. The number of carbonyl (C=O) groups is 2. The van der Waals surface area contributed by atoms with Crippen molar-refractivity contribution < 1.29 is 27.5 Å². The SMILES string of the molecule is Cc1c(-c2ccc(C[C@H](NC(=O)c3c(F)cccc3F)C(=O)OC(C)(C)C)c3nccnc23)c(=O)n(C)c2ccc(F)cc12. The molecule has 2 heterocycles. The number of esters is 1. The number of carbonyl (C=O) groups excluding carboxylic acids is 2. The molecule has 0 saturated carbocycles. The molecule has 0 radical (unpaired) electrons. The summed E-state index contributed by atoms with van der Waals surface area (Å²) in [6, 6.07) is 9.11. The molecule has 5 aromatic rings. The third-order valence-corrected chi connectivity index (χ3v) is 7.21. The van der Waals surface area contributed by atoms with Gasteiger partial charge in [0, 0.05) is 36.8 Å². The Morgan fingerprint density at radius 2 is 1.64 bits per heavy atom. The van der Waals surface area contributed by atoms with Gasteiger partial charge in [-0.05, 0) is 69.2 Å². The molecule has 0 unspecified atom stereocenters. The molecule has 11 heteroatoms. The monoisotopic (exact) mass is 602 g/mol. The van der Waals surface area contributed by atoms with Crippen LogP contribution in [-0.4, -0.2) is 38.1 Å². The highest BCUT2D eigenvalue weighted by Gasteiger charge is 2.30. The first-order valence-corrected chi connectivity index (χ1v) is 13.8. The van der Waals surface area contributed by atoms with Gasteiger partial charge in [-0.1, -0.05) is 18.2 Å². The second-order valence-electron chi connectivity index (χ2n) is 11.4. The zero-order valence-electron chi connectivity index (χ0n) is 24.7. The molecule has 1 atom stereocenters. The molecule has 226 valence electrons. The maximum atomic E-state index is 14.4. The molecule has 0 aliphatic rings. The molecule has 0 aliphatic heterocycles. The maximum Gasteiger partial charge on any atom is 0.329 e. The number of aromatic nitrogens is 3. The van der Waals surface area contributed by atoms with Gasteiger partial charge in [0.1, 0.15) is 34.7 Å². The molecule has 5 rings (SSSR count). The molecule has 0 fully saturated rings. The topological polar surface area (TPSA) is 103 Å². The minimum atomic E-state index is -1.37. The number of rotatable bonds is 6.